The number of carbonyl (C=O) groups excluding carboxylic acids is 2. The summed E-state index contributed by atoms with van der Waals surface area (Å²) in [6, 6.07) is 22.9. The highest BCUT2D eigenvalue weighted by Gasteiger charge is 2.23. The average Bonchev–Trinajstić information content (AvgIpc) is 2.88. The zero-order valence-corrected chi connectivity index (χ0v) is 20.9. The first-order valence-corrected chi connectivity index (χ1v) is 12.0. The highest BCUT2D eigenvalue weighted by atomic mass is 16.5. The van der Waals surface area contributed by atoms with E-state index in [-0.39, 0.29) is 17.2 Å². The fraction of sp³-hybridized carbons (Fsp3) is 0.310. The second-order valence-corrected chi connectivity index (χ2v) is 9.81. The summed E-state index contributed by atoms with van der Waals surface area (Å²) in [5, 5.41) is 2.93. The van der Waals surface area contributed by atoms with Gasteiger partial charge in [0.15, 0.2) is 0 Å². The number of hydrogen-bond donors (Lipinski definition) is 1. The number of methoxy groups -OCH3 is 1. The monoisotopic (exact) mass is 471 g/mol. The molecule has 35 heavy (non-hydrogen) atoms. The predicted octanol–water partition coefficient (Wildman–Crippen LogP) is 5.21. The molecule has 3 aromatic carbocycles. The normalized spacial score (nSPS) is 13.9. The van der Waals surface area contributed by atoms with Gasteiger partial charge in [-0.1, -0.05) is 45.0 Å². The molecule has 4 rings (SSSR count). The van der Waals surface area contributed by atoms with E-state index in [1.807, 2.05) is 53.4 Å². The van der Waals surface area contributed by atoms with Crippen molar-refractivity contribution in [3.8, 4) is 5.75 Å². The number of amides is 2. The van der Waals surface area contributed by atoms with Crippen LogP contribution in [0.1, 0.15) is 47.1 Å². The van der Waals surface area contributed by atoms with Crippen LogP contribution in [0.4, 0.5) is 11.4 Å². The molecule has 1 aliphatic rings. The van der Waals surface area contributed by atoms with Crippen LogP contribution in [0, 0.1) is 0 Å². The van der Waals surface area contributed by atoms with Crippen molar-refractivity contribution in [1.82, 2.24) is 4.90 Å². The summed E-state index contributed by atoms with van der Waals surface area (Å²) < 4.78 is 5.28. The molecule has 0 atom stereocenters. The van der Waals surface area contributed by atoms with Crippen molar-refractivity contribution in [3.63, 3.8) is 0 Å². The molecule has 1 saturated heterocycles. The summed E-state index contributed by atoms with van der Waals surface area (Å²) in [5.41, 5.74) is 4.31. The van der Waals surface area contributed by atoms with Crippen molar-refractivity contribution < 1.29 is 14.3 Å². The number of para-hydroxylation sites is 1. The summed E-state index contributed by atoms with van der Waals surface area (Å²) in [7, 11) is 1.55. The van der Waals surface area contributed by atoms with E-state index in [0.29, 0.717) is 24.4 Å². The highest BCUT2D eigenvalue weighted by Crippen LogP contribution is 2.24. The third kappa shape index (κ3) is 5.65. The van der Waals surface area contributed by atoms with E-state index in [2.05, 4.69) is 43.1 Å². The average molecular weight is 472 g/mol. The van der Waals surface area contributed by atoms with Gasteiger partial charge in [-0.2, -0.15) is 0 Å². The fourth-order valence-corrected chi connectivity index (χ4v) is 4.25. The molecule has 6 nitrogen and oxygen atoms in total. The molecule has 0 radical (unpaired) electrons. The van der Waals surface area contributed by atoms with E-state index in [1.165, 1.54) is 5.56 Å². The van der Waals surface area contributed by atoms with Crippen LogP contribution in [0.15, 0.2) is 72.8 Å². The number of piperazine rings is 1. The van der Waals surface area contributed by atoms with Crippen LogP contribution in [-0.4, -0.2) is 50.0 Å². The molecule has 1 N–H and O–H groups in total. The minimum absolute atomic E-state index is 0.0694. The number of nitrogens with one attached hydrogen (secondary N) is 1. The van der Waals surface area contributed by atoms with E-state index >= 15 is 0 Å². The number of rotatable bonds is 5. The summed E-state index contributed by atoms with van der Waals surface area (Å²) >= 11 is 0. The lowest BCUT2D eigenvalue weighted by Gasteiger charge is -2.36. The third-order valence-electron chi connectivity index (χ3n) is 6.41. The molecule has 1 heterocycles. The van der Waals surface area contributed by atoms with Gasteiger partial charge in [-0.05, 0) is 59.5 Å². The Morgan fingerprint density at radius 1 is 0.829 bits per heavy atom. The molecule has 1 fully saturated rings. The highest BCUT2D eigenvalue weighted by molar-refractivity contribution is 6.06. The first kappa shape index (κ1) is 24.3. The molecule has 3 aromatic rings. The topological polar surface area (TPSA) is 61.9 Å². The molecule has 0 bridgehead atoms. The molecule has 2 amide bonds. The van der Waals surface area contributed by atoms with Crippen molar-refractivity contribution in [1.29, 1.82) is 0 Å². The van der Waals surface area contributed by atoms with Crippen LogP contribution in [0.3, 0.4) is 0 Å². The maximum Gasteiger partial charge on any atom is 0.259 e. The zero-order valence-electron chi connectivity index (χ0n) is 20.9. The Bertz CT molecular complexity index is 1170. The first-order valence-electron chi connectivity index (χ1n) is 12.0. The van der Waals surface area contributed by atoms with Gasteiger partial charge in [0.25, 0.3) is 11.8 Å². The predicted molar refractivity (Wildman–Crippen MR) is 141 cm³/mol. The largest absolute Gasteiger partial charge is 0.496 e. The van der Waals surface area contributed by atoms with Crippen molar-refractivity contribution >= 4 is 23.2 Å². The lowest BCUT2D eigenvalue weighted by Crippen LogP contribution is -2.48. The van der Waals surface area contributed by atoms with Crippen molar-refractivity contribution in [2.45, 2.75) is 26.2 Å². The third-order valence-corrected chi connectivity index (χ3v) is 6.41. The zero-order chi connectivity index (χ0) is 25.0. The minimum Gasteiger partial charge on any atom is -0.496 e. The van der Waals surface area contributed by atoms with Gasteiger partial charge in [0.05, 0.1) is 12.7 Å². The summed E-state index contributed by atoms with van der Waals surface area (Å²) in [4.78, 5) is 29.8. The second-order valence-electron chi connectivity index (χ2n) is 9.81. The Morgan fingerprint density at radius 3 is 2.06 bits per heavy atom. The Hall–Kier alpha value is -3.80. The molecule has 0 saturated carbocycles. The first-order chi connectivity index (χ1) is 16.8. The van der Waals surface area contributed by atoms with E-state index < -0.39 is 0 Å². The van der Waals surface area contributed by atoms with Crippen LogP contribution < -0.4 is 15.0 Å². The number of ether oxygens (including phenoxy) is 1. The van der Waals surface area contributed by atoms with Gasteiger partial charge in [-0.25, -0.2) is 0 Å². The lowest BCUT2D eigenvalue weighted by molar-refractivity contribution is 0.0746. The molecule has 0 spiro atoms. The van der Waals surface area contributed by atoms with Gasteiger partial charge in [-0.15, -0.1) is 0 Å². The summed E-state index contributed by atoms with van der Waals surface area (Å²) in [5.74, 6) is 0.413. The van der Waals surface area contributed by atoms with Crippen LogP contribution >= 0.6 is 0 Å². The number of anilines is 2. The minimum atomic E-state index is -0.210. The number of hydrogen-bond acceptors (Lipinski definition) is 4. The maximum atomic E-state index is 13.0. The van der Waals surface area contributed by atoms with E-state index in [1.54, 1.807) is 19.2 Å². The van der Waals surface area contributed by atoms with Crippen LogP contribution in [0.5, 0.6) is 5.75 Å². The van der Waals surface area contributed by atoms with Gasteiger partial charge in [-0.3, -0.25) is 9.59 Å². The molecule has 0 aliphatic carbocycles. The quantitative estimate of drug-likeness (QED) is 0.555. The van der Waals surface area contributed by atoms with Crippen LogP contribution in [0.2, 0.25) is 0 Å². The summed E-state index contributed by atoms with van der Waals surface area (Å²) in [6.07, 6.45) is 0. The molecule has 182 valence electrons. The molecule has 0 unspecified atom stereocenters. The van der Waals surface area contributed by atoms with Crippen LogP contribution in [-0.2, 0) is 5.41 Å². The van der Waals surface area contributed by atoms with Crippen molar-refractivity contribution in [3.05, 3.63) is 89.5 Å². The molecular formula is C29H33N3O3. The van der Waals surface area contributed by atoms with Gasteiger partial charge < -0.3 is 19.9 Å². The molecule has 0 aromatic heterocycles. The van der Waals surface area contributed by atoms with Crippen LogP contribution in [0.25, 0.3) is 0 Å². The molecular weight excluding hydrogens is 438 g/mol. The number of nitrogens with zero attached hydrogens (tertiary/aromatic N) is 2. The standard InChI is InChI=1S/C29H33N3O3/c1-29(2,3)22-11-9-21(10-12-22)28(34)32-19-17-31(18-20-32)24-15-13-23(14-16-24)30-27(33)25-7-5-6-8-26(25)35-4/h5-16H,17-20H2,1-4H3,(H,30,33). The van der Waals surface area contributed by atoms with Gasteiger partial charge >= 0.3 is 0 Å². The summed E-state index contributed by atoms with van der Waals surface area (Å²) in [6.45, 7) is 9.38. The van der Waals surface area contributed by atoms with Crippen molar-refractivity contribution in [2.24, 2.45) is 0 Å². The van der Waals surface area contributed by atoms with E-state index in [9.17, 15) is 9.59 Å². The van der Waals surface area contributed by atoms with E-state index in [4.69, 9.17) is 4.74 Å². The maximum absolute atomic E-state index is 13.0. The SMILES string of the molecule is COc1ccccc1C(=O)Nc1ccc(N2CCN(C(=O)c3ccc(C(C)(C)C)cc3)CC2)cc1. The number of carbonyl (C=O) groups is 2. The Kier molecular flexibility index (Phi) is 7.10. The smallest absolute Gasteiger partial charge is 0.259 e. The van der Waals surface area contributed by atoms with Gasteiger partial charge in [0.1, 0.15) is 5.75 Å². The second kappa shape index (κ2) is 10.2. The van der Waals surface area contributed by atoms with Gasteiger partial charge in [0, 0.05) is 43.1 Å². The van der Waals surface area contributed by atoms with Gasteiger partial charge in [0.2, 0.25) is 0 Å². The Labute approximate surface area is 207 Å². The van der Waals surface area contributed by atoms with Crippen molar-refractivity contribution in [2.75, 3.05) is 43.5 Å². The fourth-order valence-electron chi connectivity index (χ4n) is 4.25. The lowest BCUT2D eigenvalue weighted by atomic mass is 9.86. The number of benzene rings is 3. The molecule has 1 aliphatic heterocycles. The Morgan fingerprint density at radius 2 is 1.46 bits per heavy atom. The Balaban J connectivity index is 1.33. The molecule has 6 heteroatoms. The van der Waals surface area contributed by atoms with E-state index in [0.717, 1.165) is 30.0 Å².